The second-order valence-corrected chi connectivity index (χ2v) is 5.87. The molecule has 2 aromatic rings. The molecule has 170 valence electrons. The van der Waals surface area contributed by atoms with Crippen molar-refractivity contribution in [1.82, 2.24) is 0 Å². The van der Waals surface area contributed by atoms with Gasteiger partial charge in [0, 0.05) is 0 Å². The van der Waals surface area contributed by atoms with E-state index in [1.807, 2.05) is 0 Å². The first-order chi connectivity index (χ1) is 13.9. The third kappa shape index (κ3) is 6.49. The Hall–Kier alpha value is -3.00. The van der Waals surface area contributed by atoms with Gasteiger partial charge in [0.25, 0.3) is 0 Å². The van der Waals surface area contributed by atoms with Gasteiger partial charge in [-0.25, -0.2) is 0 Å². The molecule has 0 aliphatic carbocycles. The molecule has 0 aromatic heterocycles. The molecule has 31 heavy (non-hydrogen) atoms. The Labute approximate surface area is 164 Å². The van der Waals surface area contributed by atoms with Gasteiger partial charge in [0.05, 0.1) is 33.6 Å². The molecular formula is C16H7F12N3. The van der Waals surface area contributed by atoms with Crippen molar-refractivity contribution in [3.63, 3.8) is 0 Å². The zero-order valence-electron chi connectivity index (χ0n) is 14.4. The van der Waals surface area contributed by atoms with Gasteiger partial charge < -0.3 is 0 Å². The smallest absolute Gasteiger partial charge is 0.260 e. The van der Waals surface area contributed by atoms with E-state index in [-0.39, 0.29) is 36.4 Å². The van der Waals surface area contributed by atoms with Crippen LogP contribution >= 0.6 is 0 Å². The molecule has 0 saturated carbocycles. The summed E-state index contributed by atoms with van der Waals surface area (Å²) < 4.78 is 153. The molecule has 0 aliphatic rings. The van der Waals surface area contributed by atoms with Crippen molar-refractivity contribution < 1.29 is 52.7 Å². The number of nitrogens with one attached hydrogen (secondary N) is 1. The number of rotatable bonds is 3. The summed E-state index contributed by atoms with van der Waals surface area (Å²) >= 11 is 0. The molecule has 3 nitrogen and oxygen atoms in total. The molecule has 1 N–H and O–H groups in total. The number of nitrogens with zero attached hydrogens (tertiary/aromatic N) is 2. The molecule has 0 atom stereocenters. The van der Waals surface area contributed by atoms with Crippen molar-refractivity contribution in [2.24, 2.45) is 10.3 Å². The first-order valence-corrected chi connectivity index (χ1v) is 7.63. The van der Waals surface area contributed by atoms with Crippen LogP contribution in [0.5, 0.6) is 0 Å². The molecule has 0 unspecified atom stereocenters. The summed E-state index contributed by atoms with van der Waals surface area (Å²) in [5.41, 5.74) is -7.21. The van der Waals surface area contributed by atoms with Gasteiger partial charge in [-0.15, -0.1) is 5.11 Å². The van der Waals surface area contributed by atoms with Gasteiger partial charge in [0.2, 0.25) is 0 Å². The van der Waals surface area contributed by atoms with Crippen LogP contribution in [0.3, 0.4) is 0 Å². The molecule has 0 saturated heterocycles. The predicted molar refractivity (Wildman–Crippen MR) is 81.0 cm³/mol. The second-order valence-electron chi connectivity index (χ2n) is 5.87. The molecule has 2 aromatic carbocycles. The highest BCUT2D eigenvalue weighted by Gasteiger charge is 2.38. The molecule has 0 fully saturated rings. The lowest BCUT2D eigenvalue weighted by molar-refractivity contribution is -0.144. The van der Waals surface area contributed by atoms with Gasteiger partial charge in [0.15, 0.2) is 0 Å². The summed E-state index contributed by atoms with van der Waals surface area (Å²) in [5, 5.41) is 5.90. The first-order valence-electron chi connectivity index (χ1n) is 7.63. The monoisotopic (exact) mass is 469 g/mol. The maximum Gasteiger partial charge on any atom is 0.416 e. The fourth-order valence-corrected chi connectivity index (χ4v) is 2.16. The average molecular weight is 469 g/mol. The number of hydrogen-bond donors (Lipinski definition) is 1. The minimum Gasteiger partial charge on any atom is -0.260 e. The van der Waals surface area contributed by atoms with E-state index in [1.165, 1.54) is 0 Å². The van der Waals surface area contributed by atoms with E-state index in [1.54, 1.807) is 5.43 Å². The molecule has 0 radical (unpaired) electrons. The SMILES string of the molecule is FC(F)(F)c1cc(/N=N\Nc2cc(C(F)(F)F)cc(C(F)(F)F)c2)cc(C(F)(F)F)c1. The van der Waals surface area contributed by atoms with Gasteiger partial charge in [0.1, 0.15) is 0 Å². The lowest BCUT2D eigenvalue weighted by Gasteiger charge is -2.13. The maximum absolute atomic E-state index is 12.8. The van der Waals surface area contributed by atoms with E-state index < -0.39 is 58.3 Å². The molecule has 2 rings (SSSR count). The molecule has 15 heteroatoms. The highest BCUT2D eigenvalue weighted by atomic mass is 19.4. The zero-order chi connectivity index (χ0) is 23.8. The van der Waals surface area contributed by atoms with Crippen LogP contribution in [0.2, 0.25) is 0 Å². The van der Waals surface area contributed by atoms with Crippen molar-refractivity contribution in [3.8, 4) is 0 Å². The fourth-order valence-electron chi connectivity index (χ4n) is 2.16. The Balaban J connectivity index is 2.42. The topological polar surface area (TPSA) is 36.8 Å². The third-order valence-corrected chi connectivity index (χ3v) is 3.50. The summed E-state index contributed by atoms with van der Waals surface area (Å²) in [7, 11) is 0. The van der Waals surface area contributed by atoms with Gasteiger partial charge >= 0.3 is 24.7 Å². The second kappa shape index (κ2) is 7.92. The first kappa shape index (κ1) is 24.3. The largest absolute Gasteiger partial charge is 0.416 e. The van der Waals surface area contributed by atoms with Crippen molar-refractivity contribution in [2.45, 2.75) is 24.7 Å². The number of hydrogen-bond acceptors (Lipinski definition) is 2. The van der Waals surface area contributed by atoms with Crippen LogP contribution in [0.25, 0.3) is 0 Å². The van der Waals surface area contributed by atoms with E-state index in [4.69, 9.17) is 0 Å². The van der Waals surface area contributed by atoms with E-state index in [9.17, 15) is 52.7 Å². The summed E-state index contributed by atoms with van der Waals surface area (Å²) in [6.07, 6.45) is -20.8. The maximum atomic E-state index is 12.8. The molecule has 0 aliphatic heterocycles. The standard InChI is InChI=1S/C16H7F12N3/c17-13(18,19)7-1-8(14(20,21)22)4-11(3-7)29-31-30-12-5-9(15(23,24)25)2-10(6-12)16(26,27)28/h1-6H,(H,29,30). The summed E-state index contributed by atoms with van der Waals surface area (Å²) in [6, 6.07) is 0.323. The Morgan fingerprint density at radius 3 is 1.13 bits per heavy atom. The normalized spacial score (nSPS) is 13.7. The van der Waals surface area contributed by atoms with Crippen LogP contribution in [0.4, 0.5) is 64.1 Å². The summed E-state index contributed by atoms with van der Waals surface area (Å²) in [4.78, 5) is 0. The Morgan fingerprint density at radius 2 is 0.806 bits per heavy atom. The highest BCUT2D eigenvalue weighted by molar-refractivity contribution is 5.50. The van der Waals surface area contributed by atoms with Gasteiger partial charge in [-0.3, -0.25) is 5.43 Å². The average Bonchev–Trinajstić information content (AvgIpc) is 2.58. The van der Waals surface area contributed by atoms with E-state index in [2.05, 4.69) is 10.3 Å². The van der Waals surface area contributed by atoms with Crippen molar-refractivity contribution in [3.05, 3.63) is 58.7 Å². The van der Waals surface area contributed by atoms with Crippen molar-refractivity contribution in [2.75, 3.05) is 5.43 Å². The number of anilines is 1. The fraction of sp³-hybridized carbons (Fsp3) is 0.250. The van der Waals surface area contributed by atoms with Crippen LogP contribution in [0, 0.1) is 0 Å². The zero-order valence-corrected chi connectivity index (χ0v) is 14.4. The highest BCUT2D eigenvalue weighted by Crippen LogP contribution is 2.39. The van der Waals surface area contributed by atoms with Crippen LogP contribution in [0.15, 0.2) is 46.7 Å². The van der Waals surface area contributed by atoms with Crippen molar-refractivity contribution >= 4 is 11.4 Å². The molecule has 0 spiro atoms. The number of halogens is 12. The number of benzene rings is 2. The van der Waals surface area contributed by atoms with Gasteiger partial charge in [-0.05, 0) is 36.4 Å². The Bertz CT molecular complexity index is 903. The lowest BCUT2D eigenvalue weighted by atomic mass is 10.1. The van der Waals surface area contributed by atoms with Gasteiger partial charge in [-0.1, -0.05) is 5.22 Å². The lowest BCUT2D eigenvalue weighted by Crippen LogP contribution is -2.11. The Morgan fingerprint density at radius 1 is 0.484 bits per heavy atom. The van der Waals surface area contributed by atoms with Crippen molar-refractivity contribution in [1.29, 1.82) is 0 Å². The van der Waals surface area contributed by atoms with Crippen LogP contribution in [0.1, 0.15) is 22.3 Å². The minimum atomic E-state index is -5.19. The Kier molecular flexibility index (Phi) is 6.20. The molecular weight excluding hydrogens is 462 g/mol. The summed E-state index contributed by atoms with van der Waals surface area (Å²) in [5.74, 6) is 0. The van der Waals surface area contributed by atoms with Crippen LogP contribution in [-0.4, -0.2) is 0 Å². The predicted octanol–water partition coefficient (Wildman–Crippen LogP) is 7.87. The molecule has 0 bridgehead atoms. The molecule has 0 heterocycles. The molecule has 0 amide bonds. The number of alkyl halides is 12. The van der Waals surface area contributed by atoms with E-state index >= 15 is 0 Å². The third-order valence-electron chi connectivity index (χ3n) is 3.50. The van der Waals surface area contributed by atoms with Crippen LogP contribution in [-0.2, 0) is 24.7 Å². The quantitative estimate of drug-likeness (QED) is 0.277. The summed E-state index contributed by atoms with van der Waals surface area (Å²) in [6.45, 7) is 0. The van der Waals surface area contributed by atoms with E-state index in [0.717, 1.165) is 0 Å². The van der Waals surface area contributed by atoms with Gasteiger partial charge in [-0.2, -0.15) is 52.7 Å². The van der Waals surface area contributed by atoms with Crippen LogP contribution < -0.4 is 5.43 Å². The van der Waals surface area contributed by atoms with E-state index in [0.29, 0.717) is 0 Å². The minimum absolute atomic E-state index is 0.160.